The van der Waals surface area contributed by atoms with Crippen molar-refractivity contribution in [3.05, 3.63) is 54.0 Å². The van der Waals surface area contributed by atoms with Gasteiger partial charge in [0, 0.05) is 31.5 Å². The monoisotopic (exact) mass is 355 g/mol. The number of aromatic nitrogens is 3. The maximum Gasteiger partial charge on any atom is 0.272 e. The highest BCUT2D eigenvalue weighted by Crippen LogP contribution is 2.15. The van der Waals surface area contributed by atoms with Crippen molar-refractivity contribution in [3.8, 4) is 5.88 Å². The summed E-state index contributed by atoms with van der Waals surface area (Å²) < 4.78 is 5.67. The highest BCUT2D eigenvalue weighted by molar-refractivity contribution is 5.92. The van der Waals surface area contributed by atoms with Crippen LogP contribution in [0, 0.1) is 0 Å². The molecule has 2 aromatic rings. The lowest BCUT2D eigenvalue weighted by atomic mass is 10.1. The Morgan fingerprint density at radius 1 is 1.27 bits per heavy atom. The zero-order chi connectivity index (χ0) is 18.0. The van der Waals surface area contributed by atoms with Crippen molar-refractivity contribution >= 4 is 5.91 Å². The Labute approximate surface area is 153 Å². The van der Waals surface area contributed by atoms with E-state index in [4.69, 9.17) is 4.74 Å². The summed E-state index contributed by atoms with van der Waals surface area (Å²) >= 11 is 0. The molecule has 1 aliphatic rings. The van der Waals surface area contributed by atoms with E-state index < -0.39 is 0 Å². The second-order valence-corrected chi connectivity index (χ2v) is 6.29. The molecule has 0 aromatic carbocycles. The average Bonchev–Trinajstić information content (AvgIpc) is 3.20. The zero-order valence-electron chi connectivity index (χ0n) is 14.9. The fourth-order valence-electron chi connectivity index (χ4n) is 2.92. The van der Waals surface area contributed by atoms with E-state index in [1.165, 1.54) is 37.9 Å². The second kappa shape index (κ2) is 9.72. The van der Waals surface area contributed by atoms with Gasteiger partial charge in [-0.25, -0.2) is 4.98 Å². The predicted molar refractivity (Wildman–Crippen MR) is 98.9 cm³/mol. The van der Waals surface area contributed by atoms with Crippen LogP contribution in [0.5, 0.6) is 5.88 Å². The van der Waals surface area contributed by atoms with Crippen LogP contribution < -0.4 is 10.1 Å². The van der Waals surface area contributed by atoms with Crippen molar-refractivity contribution in [1.82, 2.24) is 25.4 Å². The second-order valence-electron chi connectivity index (χ2n) is 6.29. The molecule has 3 heterocycles. The smallest absolute Gasteiger partial charge is 0.272 e. The van der Waals surface area contributed by atoms with E-state index in [1.807, 2.05) is 24.3 Å². The molecule has 0 unspecified atom stereocenters. The van der Waals surface area contributed by atoms with Crippen LogP contribution in [0.1, 0.15) is 35.3 Å². The minimum Gasteiger partial charge on any atom is -0.473 e. The topological polar surface area (TPSA) is 83.1 Å². The number of aromatic amines is 1. The van der Waals surface area contributed by atoms with Gasteiger partial charge >= 0.3 is 0 Å². The first-order valence-electron chi connectivity index (χ1n) is 9.04. The summed E-state index contributed by atoms with van der Waals surface area (Å²) in [7, 11) is 0. The molecule has 26 heavy (non-hydrogen) atoms. The molecule has 1 saturated heterocycles. The van der Waals surface area contributed by atoms with Gasteiger partial charge in [-0.1, -0.05) is 12.5 Å². The van der Waals surface area contributed by atoms with Crippen LogP contribution in [0.3, 0.4) is 0 Å². The summed E-state index contributed by atoms with van der Waals surface area (Å²) in [5, 5.41) is 9.19. The minimum atomic E-state index is -0.205. The molecule has 7 nitrogen and oxygen atoms in total. The van der Waals surface area contributed by atoms with E-state index in [1.54, 1.807) is 18.5 Å². The van der Waals surface area contributed by atoms with Gasteiger partial charge in [0.1, 0.15) is 12.3 Å². The van der Waals surface area contributed by atoms with Crippen molar-refractivity contribution in [2.45, 2.75) is 25.8 Å². The van der Waals surface area contributed by atoms with Crippen LogP contribution in [0.25, 0.3) is 0 Å². The molecule has 3 rings (SSSR count). The summed E-state index contributed by atoms with van der Waals surface area (Å²) in [5.41, 5.74) is 1.61. The Bertz CT molecular complexity index is 708. The van der Waals surface area contributed by atoms with Crippen molar-refractivity contribution < 1.29 is 9.53 Å². The van der Waals surface area contributed by atoms with E-state index in [0.717, 1.165) is 6.54 Å². The maximum absolute atomic E-state index is 11.7. The van der Waals surface area contributed by atoms with Crippen LogP contribution in [0.15, 0.2) is 42.7 Å². The Balaban J connectivity index is 1.37. The molecule has 0 aliphatic carbocycles. The van der Waals surface area contributed by atoms with Crippen molar-refractivity contribution in [1.29, 1.82) is 0 Å². The van der Waals surface area contributed by atoms with Gasteiger partial charge in [-0.2, -0.15) is 5.10 Å². The van der Waals surface area contributed by atoms with Crippen molar-refractivity contribution in [3.63, 3.8) is 0 Å². The molecule has 7 heteroatoms. The van der Waals surface area contributed by atoms with E-state index in [0.29, 0.717) is 24.7 Å². The van der Waals surface area contributed by atoms with Crippen LogP contribution >= 0.6 is 0 Å². The van der Waals surface area contributed by atoms with Gasteiger partial charge in [-0.3, -0.25) is 14.8 Å². The van der Waals surface area contributed by atoms with Crippen molar-refractivity contribution in [2.75, 3.05) is 26.2 Å². The quantitative estimate of drug-likeness (QED) is 0.709. The first-order chi connectivity index (χ1) is 12.8. The average molecular weight is 355 g/mol. The molecule has 0 radical (unpaired) electrons. The van der Waals surface area contributed by atoms with Crippen LogP contribution in [0.2, 0.25) is 0 Å². The number of amides is 1. The molecule has 1 amide bonds. The molecule has 0 saturated carbocycles. The number of piperidine rings is 1. The largest absolute Gasteiger partial charge is 0.473 e. The number of carbonyl (C=O) groups is 1. The predicted octanol–water partition coefficient (Wildman–Crippen LogP) is 2.16. The number of likely N-dealkylation sites (tertiary alicyclic amines) is 1. The highest BCUT2D eigenvalue weighted by Gasteiger charge is 2.10. The normalized spacial score (nSPS) is 15.2. The lowest BCUT2D eigenvalue weighted by molar-refractivity contribution is 0.0953. The van der Waals surface area contributed by atoms with Crippen LogP contribution in [0.4, 0.5) is 0 Å². The van der Waals surface area contributed by atoms with Gasteiger partial charge in [0.05, 0.1) is 0 Å². The Hall–Kier alpha value is -2.67. The zero-order valence-corrected chi connectivity index (χ0v) is 14.9. The first kappa shape index (κ1) is 18.1. The Morgan fingerprint density at radius 2 is 2.15 bits per heavy atom. The third kappa shape index (κ3) is 5.70. The summed E-state index contributed by atoms with van der Waals surface area (Å²) in [6.07, 6.45) is 11.0. The van der Waals surface area contributed by atoms with Crippen LogP contribution in [-0.2, 0) is 6.54 Å². The van der Waals surface area contributed by atoms with E-state index in [2.05, 4.69) is 25.4 Å². The van der Waals surface area contributed by atoms with Gasteiger partial charge in [0.15, 0.2) is 0 Å². The lowest BCUT2D eigenvalue weighted by Crippen LogP contribution is -2.29. The van der Waals surface area contributed by atoms with E-state index in [-0.39, 0.29) is 5.91 Å². The van der Waals surface area contributed by atoms with Gasteiger partial charge in [0.25, 0.3) is 5.91 Å². The summed E-state index contributed by atoms with van der Waals surface area (Å²) in [4.78, 5) is 18.4. The molecule has 0 spiro atoms. The molecular weight excluding hydrogens is 330 g/mol. The SMILES string of the molecule is O=C(NC/C=C\COc1cc(CN2CCCCC2)ccn1)c1cc[nH]n1. The van der Waals surface area contributed by atoms with E-state index >= 15 is 0 Å². The molecule has 1 fully saturated rings. The number of pyridine rings is 1. The minimum absolute atomic E-state index is 0.205. The molecular formula is C19H25N5O2. The number of hydrogen-bond donors (Lipinski definition) is 2. The fourth-order valence-corrected chi connectivity index (χ4v) is 2.92. The standard InChI is InChI=1S/C19H25N5O2/c25-19(17-7-10-22-23-17)21-8-2-5-13-26-18-14-16(6-9-20-18)15-24-11-3-1-4-12-24/h2,5-7,9-10,14H,1,3-4,8,11-13,15H2,(H,21,25)(H,22,23)/b5-2-. The van der Waals surface area contributed by atoms with E-state index in [9.17, 15) is 4.79 Å². The number of nitrogens with zero attached hydrogens (tertiary/aromatic N) is 3. The maximum atomic E-state index is 11.7. The molecule has 0 bridgehead atoms. The van der Waals surface area contributed by atoms with Gasteiger partial charge in [-0.15, -0.1) is 0 Å². The fraction of sp³-hybridized carbons (Fsp3) is 0.421. The molecule has 2 N–H and O–H groups in total. The Morgan fingerprint density at radius 3 is 2.96 bits per heavy atom. The number of H-pyrrole nitrogens is 1. The number of carbonyl (C=O) groups excluding carboxylic acids is 1. The Kier molecular flexibility index (Phi) is 6.78. The molecule has 0 atom stereocenters. The molecule has 1 aliphatic heterocycles. The third-order valence-electron chi connectivity index (χ3n) is 4.26. The number of ether oxygens (including phenoxy) is 1. The lowest BCUT2D eigenvalue weighted by Gasteiger charge is -2.26. The van der Waals surface area contributed by atoms with Crippen molar-refractivity contribution in [2.24, 2.45) is 0 Å². The number of rotatable bonds is 8. The van der Waals surface area contributed by atoms with Crippen LogP contribution in [-0.4, -0.2) is 52.2 Å². The van der Waals surface area contributed by atoms with Gasteiger partial charge < -0.3 is 10.1 Å². The first-order valence-corrected chi connectivity index (χ1v) is 9.04. The summed E-state index contributed by atoms with van der Waals surface area (Å²) in [5.74, 6) is 0.425. The third-order valence-corrected chi connectivity index (χ3v) is 4.26. The summed E-state index contributed by atoms with van der Waals surface area (Å²) in [6, 6.07) is 5.67. The molecule has 138 valence electrons. The van der Waals surface area contributed by atoms with Gasteiger partial charge in [-0.05, 0) is 49.7 Å². The highest BCUT2D eigenvalue weighted by atomic mass is 16.5. The van der Waals surface area contributed by atoms with Gasteiger partial charge in [0.2, 0.25) is 5.88 Å². The molecule has 2 aromatic heterocycles. The number of nitrogens with one attached hydrogen (secondary N) is 2. The summed E-state index contributed by atoms with van der Waals surface area (Å²) in [6.45, 7) is 4.14. The number of hydrogen-bond acceptors (Lipinski definition) is 5.